The number of benzene rings is 2. The molecular weight excluding hydrogens is 475 g/mol. The van der Waals surface area contributed by atoms with Gasteiger partial charge in [0.2, 0.25) is 0 Å². The van der Waals surface area contributed by atoms with E-state index in [-0.39, 0.29) is 11.1 Å². The highest BCUT2D eigenvalue weighted by atomic mass is 19.4. The molecule has 0 radical (unpaired) electrons. The van der Waals surface area contributed by atoms with Crippen LogP contribution in [0.15, 0.2) is 60.8 Å². The first kappa shape index (κ1) is 25.1. The number of nitrogens with zero attached hydrogens (tertiary/aromatic N) is 4. The number of hydrogen-bond donors (Lipinski definition) is 1. The summed E-state index contributed by atoms with van der Waals surface area (Å²) in [4.78, 5) is 16.0. The number of hydrogen-bond acceptors (Lipinski definition) is 5. The van der Waals surface area contributed by atoms with E-state index in [0.717, 1.165) is 43.1 Å². The van der Waals surface area contributed by atoms with Crippen LogP contribution in [0, 0.1) is 0 Å². The Balaban J connectivity index is 1.57. The summed E-state index contributed by atoms with van der Waals surface area (Å²) in [5.74, 6) is 1.27. The van der Waals surface area contributed by atoms with Gasteiger partial charge in [-0.25, -0.2) is 9.97 Å². The van der Waals surface area contributed by atoms with Crippen molar-refractivity contribution >= 4 is 22.4 Å². The number of aromatic nitrogens is 3. The van der Waals surface area contributed by atoms with Gasteiger partial charge in [0.05, 0.1) is 23.3 Å². The fourth-order valence-electron chi connectivity index (χ4n) is 4.69. The SMILES string of the molecule is CC(C)(C)c1ccc(Nc2nc(CN3CCCC3)nc3cc(-c4ncccc4C(F)(F)F)ccc23)cc1. The summed E-state index contributed by atoms with van der Waals surface area (Å²) in [6.07, 6.45) is -0.843. The van der Waals surface area contributed by atoms with Gasteiger partial charge in [0, 0.05) is 22.8 Å². The van der Waals surface area contributed by atoms with Crippen LogP contribution in [0.5, 0.6) is 0 Å². The molecule has 2 aromatic heterocycles. The van der Waals surface area contributed by atoms with Crippen LogP contribution < -0.4 is 5.32 Å². The van der Waals surface area contributed by atoms with E-state index in [4.69, 9.17) is 9.97 Å². The number of fused-ring (bicyclic) bond motifs is 1. The van der Waals surface area contributed by atoms with Crippen molar-refractivity contribution in [3.63, 3.8) is 0 Å². The maximum atomic E-state index is 13.7. The van der Waals surface area contributed by atoms with E-state index in [1.165, 1.54) is 17.8 Å². The zero-order chi connectivity index (χ0) is 26.2. The van der Waals surface area contributed by atoms with Crippen LogP contribution in [0.25, 0.3) is 22.2 Å². The van der Waals surface area contributed by atoms with Gasteiger partial charge in [-0.3, -0.25) is 9.88 Å². The van der Waals surface area contributed by atoms with Gasteiger partial charge in [0.15, 0.2) is 0 Å². The van der Waals surface area contributed by atoms with E-state index in [2.05, 4.69) is 48.1 Å². The minimum absolute atomic E-state index is 0.0418. The first-order valence-electron chi connectivity index (χ1n) is 12.5. The van der Waals surface area contributed by atoms with E-state index >= 15 is 0 Å². The summed E-state index contributed by atoms with van der Waals surface area (Å²) >= 11 is 0. The van der Waals surface area contributed by atoms with Crippen molar-refractivity contribution in [2.45, 2.75) is 51.7 Å². The molecule has 4 aromatic rings. The maximum Gasteiger partial charge on any atom is 0.418 e. The smallest absolute Gasteiger partial charge is 0.340 e. The minimum atomic E-state index is -4.50. The number of nitrogens with one attached hydrogen (secondary N) is 1. The number of alkyl halides is 3. The molecule has 0 atom stereocenters. The third-order valence-corrected chi connectivity index (χ3v) is 6.71. The van der Waals surface area contributed by atoms with Gasteiger partial charge < -0.3 is 5.32 Å². The van der Waals surface area contributed by atoms with Crippen LogP contribution in [0.1, 0.15) is 50.6 Å². The van der Waals surface area contributed by atoms with E-state index in [0.29, 0.717) is 29.3 Å². The first-order chi connectivity index (χ1) is 17.6. The van der Waals surface area contributed by atoms with E-state index in [9.17, 15) is 13.2 Å². The van der Waals surface area contributed by atoms with E-state index < -0.39 is 11.7 Å². The Labute approximate surface area is 214 Å². The van der Waals surface area contributed by atoms with Crippen molar-refractivity contribution in [3.8, 4) is 11.3 Å². The van der Waals surface area contributed by atoms with Crippen LogP contribution >= 0.6 is 0 Å². The zero-order valence-electron chi connectivity index (χ0n) is 21.2. The molecule has 1 N–H and O–H groups in total. The average molecular weight is 506 g/mol. The first-order valence-corrected chi connectivity index (χ1v) is 12.5. The Morgan fingerprint density at radius 1 is 0.919 bits per heavy atom. The Morgan fingerprint density at radius 2 is 1.65 bits per heavy atom. The third kappa shape index (κ3) is 5.59. The second kappa shape index (κ2) is 9.74. The lowest BCUT2D eigenvalue weighted by atomic mass is 9.87. The fraction of sp³-hybridized carbons (Fsp3) is 0.345. The van der Waals surface area contributed by atoms with Gasteiger partial charge in [0.25, 0.3) is 0 Å². The molecule has 3 heterocycles. The molecule has 2 aromatic carbocycles. The van der Waals surface area contributed by atoms with Crippen molar-refractivity contribution in [1.29, 1.82) is 0 Å². The molecule has 192 valence electrons. The van der Waals surface area contributed by atoms with Crippen LogP contribution in [0.2, 0.25) is 0 Å². The Bertz CT molecular complexity index is 1400. The molecule has 0 bridgehead atoms. The molecule has 1 saturated heterocycles. The molecule has 0 aliphatic carbocycles. The molecule has 1 aliphatic rings. The normalized spacial score (nSPS) is 14.9. The lowest BCUT2D eigenvalue weighted by Crippen LogP contribution is -2.20. The highest BCUT2D eigenvalue weighted by molar-refractivity contribution is 5.93. The van der Waals surface area contributed by atoms with Crippen LogP contribution in [0.4, 0.5) is 24.7 Å². The van der Waals surface area contributed by atoms with Gasteiger partial charge >= 0.3 is 6.18 Å². The van der Waals surface area contributed by atoms with Gasteiger partial charge in [-0.15, -0.1) is 0 Å². The standard InChI is InChI=1S/C29H30F3N5/c1-28(2,3)20-9-11-21(12-10-20)34-27-22-13-8-19(26-23(29(30,31)32)7-6-14-33-26)17-24(22)35-25(36-27)18-37-15-4-5-16-37/h6-14,17H,4-5,15-16,18H2,1-3H3,(H,34,35,36). The molecule has 37 heavy (non-hydrogen) atoms. The van der Waals surface area contributed by atoms with Gasteiger partial charge in [-0.05, 0) is 73.3 Å². The molecule has 1 aliphatic heterocycles. The topological polar surface area (TPSA) is 53.9 Å². The summed E-state index contributed by atoms with van der Waals surface area (Å²) in [7, 11) is 0. The highest BCUT2D eigenvalue weighted by Gasteiger charge is 2.34. The van der Waals surface area contributed by atoms with Crippen LogP contribution in [-0.2, 0) is 18.1 Å². The maximum absolute atomic E-state index is 13.7. The largest absolute Gasteiger partial charge is 0.418 e. The predicted octanol–water partition coefficient (Wildman–Crippen LogP) is 7.35. The Hall–Kier alpha value is -3.52. The zero-order valence-corrected chi connectivity index (χ0v) is 21.2. The van der Waals surface area contributed by atoms with E-state index in [1.807, 2.05) is 12.1 Å². The van der Waals surface area contributed by atoms with Gasteiger partial charge in [-0.2, -0.15) is 13.2 Å². The molecule has 0 unspecified atom stereocenters. The molecule has 8 heteroatoms. The monoisotopic (exact) mass is 505 g/mol. The second-order valence-electron chi connectivity index (χ2n) is 10.6. The average Bonchev–Trinajstić information content (AvgIpc) is 3.36. The van der Waals surface area contributed by atoms with Crippen LogP contribution in [-0.4, -0.2) is 32.9 Å². The molecular formula is C29H30F3N5. The highest BCUT2D eigenvalue weighted by Crippen LogP contribution is 2.37. The summed E-state index contributed by atoms with van der Waals surface area (Å²) in [6, 6.07) is 15.7. The summed E-state index contributed by atoms with van der Waals surface area (Å²) < 4.78 is 41.0. The van der Waals surface area contributed by atoms with Crippen molar-refractivity contribution < 1.29 is 13.2 Å². The van der Waals surface area contributed by atoms with Gasteiger partial charge in [0.1, 0.15) is 11.6 Å². The fourth-order valence-corrected chi connectivity index (χ4v) is 4.69. The molecule has 5 rings (SSSR count). The molecule has 0 amide bonds. The van der Waals surface area contributed by atoms with E-state index in [1.54, 1.807) is 18.2 Å². The number of likely N-dealkylation sites (tertiary alicyclic amines) is 1. The second-order valence-corrected chi connectivity index (χ2v) is 10.6. The minimum Gasteiger partial charge on any atom is -0.340 e. The quantitative estimate of drug-likeness (QED) is 0.307. The summed E-state index contributed by atoms with van der Waals surface area (Å²) in [5.41, 5.74) is 2.22. The number of pyridine rings is 1. The number of rotatable bonds is 5. The van der Waals surface area contributed by atoms with Crippen molar-refractivity contribution in [3.05, 3.63) is 77.7 Å². The molecule has 1 fully saturated rings. The van der Waals surface area contributed by atoms with Crippen molar-refractivity contribution in [2.24, 2.45) is 0 Å². The lowest BCUT2D eigenvalue weighted by molar-refractivity contribution is -0.137. The summed E-state index contributed by atoms with van der Waals surface area (Å²) in [6.45, 7) is 9.07. The van der Waals surface area contributed by atoms with Crippen LogP contribution in [0.3, 0.4) is 0 Å². The predicted molar refractivity (Wildman–Crippen MR) is 141 cm³/mol. The van der Waals surface area contributed by atoms with Gasteiger partial charge in [-0.1, -0.05) is 39.0 Å². The molecule has 0 spiro atoms. The molecule has 0 saturated carbocycles. The number of halogens is 3. The third-order valence-electron chi connectivity index (χ3n) is 6.71. The van der Waals surface area contributed by atoms with Crippen molar-refractivity contribution in [1.82, 2.24) is 19.9 Å². The molecule has 5 nitrogen and oxygen atoms in total. The van der Waals surface area contributed by atoms with Crippen molar-refractivity contribution in [2.75, 3.05) is 18.4 Å². The summed E-state index contributed by atoms with van der Waals surface area (Å²) in [5, 5.41) is 4.16. The lowest BCUT2D eigenvalue weighted by Gasteiger charge is -2.20. The Morgan fingerprint density at radius 3 is 2.32 bits per heavy atom. The number of anilines is 2. The Kier molecular flexibility index (Phi) is 6.62.